The zero-order valence-corrected chi connectivity index (χ0v) is 11.5. The number of carboxylic acid groups (broad SMARTS) is 1. The van der Waals surface area contributed by atoms with E-state index in [-0.39, 0.29) is 17.7 Å². The van der Waals surface area contributed by atoms with Crippen molar-refractivity contribution in [2.75, 3.05) is 6.54 Å². The number of piperidine rings is 1. The Morgan fingerprint density at radius 1 is 1.50 bits per heavy atom. The Kier molecular flexibility index (Phi) is 3.75. The summed E-state index contributed by atoms with van der Waals surface area (Å²) in [7, 11) is 0. The molecule has 0 radical (unpaired) electrons. The smallest absolute Gasteiger partial charge is 0.308 e. The molecule has 0 bridgehead atoms. The summed E-state index contributed by atoms with van der Waals surface area (Å²) in [5.41, 5.74) is 0. The van der Waals surface area contributed by atoms with Crippen LogP contribution in [0.25, 0.3) is 0 Å². The number of carboxylic acids is 1. The van der Waals surface area contributed by atoms with Crippen LogP contribution in [0.4, 0.5) is 0 Å². The lowest BCUT2D eigenvalue weighted by Gasteiger charge is -2.36. The molecule has 2 heterocycles. The van der Waals surface area contributed by atoms with Crippen molar-refractivity contribution in [1.29, 1.82) is 0 Å². The van der Waals surface area contributed by atoms with Crippen molar-refractivity contribution in [3.8, 4) is 0 Å². The Labute approximate surface area is 113 Å². The van der Waals surface area contributed by atoms with Gasteiger partial charge in [-0.05, 0) is 47.8 Å². The van der Waals surface area contributed by atoms with Gasteiger partial charge in [-0.3, -0.25) is 9.59 Å². The average Bonchev–Trinajstić information content (AvgIpc) is 2.75. The molecule has 18 heavy (non-hydrogen) atoms. The molecule has 5 nitrogen and oxygen atoms in total. The minimum absolute atomic E-state index is 0.236. The van der Waals surface area contributed by atoms with E-state index in [1.807, 2.05) is 0 Å². The largest absolute Gasteiger partial charge is 0.481 e. The molecule has 1 aromatic heterocycles. The second-order valence-corrected chi connectivity index (χ2v) is 5.21. The molecular weight excluding hydrogens is 302 g/mol. The van der Waals surface area contributed by atoms with E-state index >= 15 is 0 Å². The van der Waals surface area contributed by atoms with Gasteiger partial charge in [0.1, 0.15) is 0 Å². The van der Waals surface area contributed by atoms with Gasteiger partial charge in [-0.15, -0.1) is 0 Å². The van der Waals surface area contributed by atoms with Crippen LogP contribution >= 0.6 is 15.9 Å². The number of nitrogens with zero attached hydrogens (tertiary/aromatic N) is 1. The van der Waals surface area contributed by atoms with Crippen LogP contribution in [0.15, 0.2) is 21.2 Å². The Bertz CT molecular complexity index is 470. The maximum Gasteiger partial charge on any atom is 0.308 e. The SMILES string of the molecule is C[C@@H]1[C@H](C(=O)O)CCCN1C(=O)c1ccc(Br)o1. The number of halogens is 1. The predicted octanol–water partition coefficient (Wildman–Crippen LogP) is 2.37. The number of likely N-dealkylation sites (tertiary alicyclic amines) is 1. The molecule has 0 aliphatic carbocycles. The van der Waals surface area contributed by atoms with Crippen molar-refractivity contribution in [3.05, 3.63) is 22.6 Å². The maximum absolute atomic E-state index is 12.2. The number of furan rings is 1. The van der Waals surface area contributed by atoms with E-state index in [1.165, 1.54) is 0 Å². The topological polar surface area (TPSA) is 70.8 Å². The molecule has 1 aliphatic rings. The second-order valence-electron chi connectivity index (χ2n) is 4.43. The van der Waals surface area contributed by atoms with E-state index in [1.54, 1.807) is 24.0 Å². The van der Waals surface area contributed by atoms with Gasteiger partial charge in [-0.1, -0.05) is 0 Å². The first kappa shape index (κ1) is 13.1. The van der Waals surface area contributed by atoms with Crippen LogP contribution in [0.5, 0.6) is 0 Å². The number of rotatable bonds is 2. The van der Waals surface area contributed by atoms with Crippen molar-refractivity contribution >= 4 is 27.8 Å². The molecule has 98 valence electrons. The zero-order valence-electron chi connectivity index (χ0n) is 9.93. The number of carbonyl (C=O) groups excluding carboxylic acids is 1. The Morgan fingerprint density at radius 2 is 2.22 bits per heavy atom. The Balaban J connectivity index is 2.17. The fraction of sp³-hybridized carbons (Fsp3) is 0.500. The lowest BCUT2D eigenvalue weighted by Crippen LogP contribution is -2.49. The van der Waals surface area contributed by atoms with Crippen LogP contribution in [0.2, 0.25) is 0 Å². The van der Waals surface area contributed by atoms with E-state index < -0.39 is 11.9 Å². The van der Waals surface area contributed by atoms with Crippen molar-refractivity contribution < 1.29 is 19.1 Å². The highest BCUT2D eigenvalue weighted by Crippen LogP contribution is 2.26. The minimum atomic E-state index is -0.847. The molecule has 0 aromatic carbocycles. The Hall–Kier alpha value is -1.30. The summed E-state index contributed by atoms with van der Waals surface area (Å²) in [6.07, 6.45) is 1.32. The van der Waals surface area contributed by atoms with Crippen molar-refractivity contribution in [1.82, 2.24) is 4.90 Å². The molecule has 1 N–H and O–H groups in total. The molecule has 2 rings (SSSR count). The lowest BCUT2D eigenvalue weighted by atomic mass is 9.90. The van der Waals surface area contributed by atoms with E-state index in [9.17, 15) is 9.59 Å². The van der Waals surface area contributed by atoms with Crippen LogP contribution < -0.4 is 0 Å². The van der Waals surface area contributed by atoms with Gasteiger partial charge in [0.2, 0.25) is 0 Å². The molecule has 1 saturated heterocycles. The summed E-state index contributed by atoms with van der Waals surface area (Å²) in [5, 5.41) is 9.11. The molecule has 2 atom stereocenters. The highest BCUT2D eigenvalue weighted by molar-refractivity contribution is 9.10. The van der Waals surface area contributed by atoms with Crippen molar-refractivity contribution in [2.24, 2.45) is 5.92 Å². The molecule has 0 saturated carbocycles. The number of aliphatic carboxylic acids is 1. The predicted molar refractivity (Wildman–Crippen MR) is 67.3 cm³/mol. The van der Waals surface area contributed by atoms with Gasteiger partial charge in [-0.25, -0.2) is 0 Å². The molecule has 1 fully saturated rings. The van der Waals surface area contributed by atoms with Gasteiger partial charge >= 0.3 is 5.97 Å². The molecule has 1 amide bonds. The normalized spacial score (nSPS) is 24.0. The van der Waals surface area contributed by atoms with E-state index in [0.717, 1.165) is 0 Å². The van der Waals surface area contributed by atoms with E-state index in [0.29, 0.717) is 24.1 Å². The number of hydrogen-bond donors (Lipinski definition) is 1. The Morgan fingerprint density at radius 3 is 2.78 bits per heavy atom. The number of hydrogen-bond acceptors (Lipinski definition) is 3. The van der Waals surface area contributed by atoms with Gasteiger partial charge in [-0.2, -0.15) is 0 Å². The molecule has 0 unspecified atom stereocenters. The molecule has 1 aromatic rings. The van der Waals surface area contributed by atoms with Crippen LogP contribution in [0, 0.1) is 5.92 Å². The third-order valence-electron chi connectivity index (χ3n) is 3.35. The fourth-order valence-electron chi connectivity index (χ4n) is 2.33. The summed E-state index contributed by atoms with van der Waals surface area (Å²) in [5.74, 6) is -1.36. The summed E-state index contributed by atoms with van der Waals surface area (Å²) in [4.78, 5) is 24.9. The first-order valence-corrected chi connectivity index (χ1v) is 6.59. The second kappa shape index (κ2) is 5.14. The average molecular weight is 316 g/mol. The summed E-state index contributed by atoms with van der Waals surface area (Å²) < 4.78 is 5.71. The van der Waals surface area contributed by atoms with E-state index in [4.69, 9.17) is 9.52 Å². The highest BCUT2D eigenvalue weighted by Gasteiger charge is 2.36. The zero-order chi connectivity index (χ0) is 13.3. The molecule has 6 heteroatoms. The fourth-order valence-corrected chi connectivity index (χ4v) is 2.64. The molecular formula is C12H14BrNO4. The van der Waals surface area contributed by atoms with Gasteiger partial charge in [0.15, 0.2) is 10.4 Å². The molecule has 1 aliphatic heterocycles. The minimum Gasteiger partial charge on any atom is -0.481 e. The van der Waals surface area contributed by atoms with Crippen LogP contribution in [-0.2, 0) is 4.79 Å². The summed E-state index contributed by atoms with van der Waals surface area (Å²) in [6.45, 7) is 2.34. The van der Waals surface area contributed by atoms with Gasteiger partial charge in [0, 0.05) is 12.6 Å². The highest BCUT2D eigenvalue weighted by atomic mass is 79.9. The van der Waals surface area contributed by atoms with Crippen LogP contribution in [0.3, 0.4) is 0 Å². The maximum atomic E-state index is 12.2. The third-order valence-corrected chi connectivity index (χ3v) is 3.78. The first-order chi connectivity index (χ1) is 8.50. The third kappa shape index (κ3) is 2.43. The molecule has 0 spiro atoms. The number of carbonyl (C=O) groups is 2. The van der Waals surface area contributed by atoms with E-state index in [2.05, 4.69) is 15.9 Å². The standard InChI is InChI=1S/C12H14BrNO4/c1-7-8(12(16)17)3-2-6-14(7)11(15)9-4-5-10(13)18-9/h4-5,7-8H,2-3,6H2,1H3,(H,16,17)/t7-,8-/m1/s1. The van der Waals surface area contributed by atoms with Crippen LogP contribution in [-0.4, -0.2) is 34.5 Å². The van der Waals surface area contributed by atoms with Gasteiger partial charge in [0.25, 0.3) is 5.91 Å². The summed E-state index contributed by atoms with van der Waals surface area (Å²) in [6, 6.07) is 2.92. The van der Waals surface area contributed by atoms with Crippen molar-refractivity contribution in [2.45, 2.75) is 25.8 Å². The lowest BCUT2D eigenvalue weighted by molar-refractivity contribution is -0.145. The quantitative estimate of drug-likeness (QED) is 0.909. The van der Waals surface area contributed by atoms with Crippen LogP contribution in [0.1, 0.15) is 30.3 Å². The monoisotopic (exact) mass is 315 g/mol. The van der Waals surface area contributed by atoms with Crippen molar-refractivity contribution in [3.63, 3.8) is 0 Å². The first-order valence-electron chi connectivity index (χ1n) is 5.80. The van der Waals surface area contributed by atoms with Gasteiger partial charge in [0.05, 0.1) is 5.92 Å². The number of amides is 1. The summed E-state index contributed by atoms with van der Waals surface area (Å²) >= 11 is 3.14. The van der Waals surface area contributed by atoms with Gasteiger partial charge < -0.3 is 14.4 Å².